The molecule has 1 N–H and O–H groups in total. The molecule has 3 aromatic rings. The zero-order valence-electron chi connectivity index (χ0n) is 15.7. The molecule has 0 spiro atoms. The standard InChI is InChI=1S/C20H16F5N3OS/c1-10-2-3-14(20(23,24)25)13(6-10)18(29)28-5-4-12(9-28)26-19-27-16-8-11(21)7-15(22)17(16)30-19/h2-3,6-8,12H,4-5,9H2,1H3,(H,26,27)/t12-/m1/s1. The van der Waals surface area contributed by atoms with Gasteiger partial charge in [-0.3, -0.25) is 4.79 Å². The number of nitrogens with one attached hydrogen (secondary N) is 1. The minimum atomic E-state index is -4.63. The lowest BCUT2D eigenvalue weighted by atomic mass is 10.0. The first-order chi connectivity index (χ1) is 14.1. The lowest BCUT2D eigenvalue weighted by molar-refractivity contribution is -0.138. The molecular weight excluding hydrogens is 425 g/mol. The molecule has 158 valence electrons. The molecule has 1 aromatic heterocycles. The van der Waals surface area contributed by atoms with Gasteiger partial charge < -0.3 is 10.2 Å². The Morgan fingerprint density at radius 2 is 2.00 bits per heavy atom. The van der Waals surface area contributed by atoms with Crippen molar-refractivity contribution in [1.82, 2.24) is 9.88 Å². The normalized spacial score (nSPS) is 17.0. The van der Waals surface area contributed by atoms with E-state index in [-0.39, 0.29) is 34.9 Å². The van der Waals surface area contributed by atoms with E-state index in [9.17, 15) is 26.7 Å². The fourth-order valence-corrected chi connectivity index (χ4v) is 4.44. The fourth-order valence-electron chi connectivity index (χ4n) is 3.51. The molecule has 0 unspecified atom stereocenters. The summed E-state index contributed by atoms with van der Waals surface area (Å²) in [6, 6.07) is 5.13. The molecular formula is C20H16F5N3OS. The SMILES string of the molecule is Cc1ccc(C(F)(F)F)c(C(=O)N2CC[C@@H](Nc3nc4cc(F)cc(F)c4s3)C2)c1. The second-order valence-corrected chi connectivity index (χ2v) is 8.18. The van der Waals surface area contributed by atoms with Gasteiger partial charge in [0.05, 0.1) is 21.3 Å². The van der Waals surface area contributed by atoms with Crippen LogP contribution in [0.15, 0.2) is 30.3 Å². The van der Waals surface area contributed by atoms with Gasteiger partial charge >= 0.3 is 6.18 Å². The smallest absolute Gasteiger partial charge is 0.357 e. The highest BCUT2D eigenvalue weighted by molar-refractivity contribution is 7.22. The van der Waals surface area contributed by atoms with Crippen LogP contribution in [0.2, 0.25) is 0 Å². The summed E-state index contributed by atoms with van der Waals surface area (Å²) in [4.78, 5) is 18.3. The van der Waals surface area contributed by atoms with Crippen LogP contribution in [0.3, 0.4) is 0 Å². The molecule has 30 heavy (non-hydrogen) atoms. The second kappa shape index (κ2) is 7.50. The van der Waals surface area contributed by atoms with E-state index in [0.717, 1.165) is 29.5 Å². The number of thiazole rings is 1. The van der Waals surface area contributed by atoms with Gasteiger partial charge in [-0.15, -0.1) is 0 Å². The third kappa shape index (κ3) is 3.96. The van der Waals surface area contributed by atoms with Crippen LogP contribution >= 0.6 is 11.3 Å². The Kier molecular flexibility index (Phi) is 5.13. The van der Waals surface area contributed by atoms with Crippen LogP contribution in [0.1, 0.15) is 27.9 Å². The van der Waals surface area contributed by atoms with E-state index in [1.54, 1.807) is 6.92 Å². The van der Waals surface area contributed by atoms with Crippen molar-refractivity contribution < 1.29 is 26.7 Å². The van der Waals surface area contributed by atoms with Crippen molar-refractivity contribution in [2.24, 2.45) is 0 Å². The Balaban J connectivity index is 1.51. The molecule has 1 atom stereocenters. The summed E-state index contributed by atoms with van der Waals surface area (Å²) < 4.78 is 67.3. The first-order valence-electron chi connectivity index (χ1n) is 9.11. The molecule has 0 saturated carbocycles. The number of anilines is 1. The number of hydrogen-bond donors (Lipinski definition) is 1. The third-order valence-electron chi connectivity index (χ3n) is 4.92. The quantitative estimate of drug-likeness (QED) is 0.567. The van der Waals surface area contributed by atoms with Crippen molar-refractivity contribution in [3.63, 3.8) is 0 Å². The van der Waals surface area contributed by atoms with Gasteiger partial charge in [0.1, 0.15) is 11.6 Å². The van der Waals surface area contributed by atoms with Gasteiger partial charge in [0.15, 0.2) is 5.13 Å². The summed E-state index contributed by atoms with van der Waals surface area (Å²) >= 11 is 1.02. The van der Waals surface area contributed by atoms with Crippen molar-refractivity contribution in [3.05, 3.63) is 58.7 Å². The minimum Gasteiger partial charge on any atom is -0.357 e. The number of alkyl halides is 3. The molecule has 1 amide bonds. The number of aromatic nitrogens is 1. The molecule has 1 aliphatic rings. The summed E-state index contributed by atoms with van der Waals surface area (Å²) in [5, 5.41) is 3.43. The number of carbonyl (C=O) groups excluding carboxylic acids is 1. The number of benzene rings is 2. The van der Waals surface area contributed by atoms with E-state index in [0.29, 0.717) is 17.1 Å². The van der Waals surface area contributed by atoms with Crippen LogP contribution in [-0.4, -0.2) is 34.9 Å². The number of amides is 1. The Bertz CT molecular complexity index is 1130. The van der Waals surface area contributed by atoms with E-state index < -0.39 is 29.3 Å². The van der Waals surface area contributed by atoms with Gasteiger partial charge in [-0.05, 0) is 25.5 Å². The average Bonchev–Trinajstić information content (AvgIpc) is 3.27. The molecule has 4 rings (SSSR count). The van der Waals surface area contributed by atoms with Crippen LogP contribution < -0.4 is 5.32 Å². The number of likely N-dealkylation sites (tertiary alicyclic amines) is 1. The first kappa shape index (κ1) is 20.5. The number of hydrogen-bond acceptors (Lipinski definition) is 4. The van der Waals surface area contributed by atoms with Crippen molar-refractivity contribution >= 4 is 32.6 Å². The van der Waals surface area contributed by atoms with Crippen LogP contribution in [0.5, 0.6) is 0 Å². The summed E-state index contributed by atoms with van der Waals surface area (Å²) in [7, 11) is 0. The van der Waals surface area contributed by atoms with E-state index in [1.807, 2.05) is 0 Å². The molecule has 1 fully saturated rings. The number of aryl methyl sites for hydroxylation is 1. The Hall–Kier alpha value is -2.75. The summed E-state index contributed by atoms with van der Waals surface area (Å²) in [5.41, 5.74) is -0.594. The summed E-state index contributed by atoms with van der Waals surface area (Å²) in [6.07, 6.45) is -4.14. The highest BCUT2D eigenvalue weighted by Crippen LogP contribution is 2.34. The zero-order chi connectivity index (χ0) is 21.6. The maximum atomic E-state index is 13.9. The van der Waals surface area contributed by atoms with Gasteiger partial charge in [0.2, 0.25) is 0 Å². The number of nitrogens with zero attached hydrogens (tertiary/aromatic N) is 2. The third-order valence-corrected chi connectivity index (χ3v) is 5.93. The molecule has 4 nitrogen and oxygen atoms in total. The van der Waals surface area contributed by atoms with Crippen LogP contribution in [0.4, 0.5) is 27.1 Å². The van der Waals surface area contributed by atoms with Crippen molar-refractivity contribution in [1.29, 1.82) is 0 Å². The number of fused-ring (bicyclic) bond motifs is 1. The maximum Gasteiger partial charge on any atom is 0.417 e. The fraction of sp³-hybridized carbons (Fsp3) is 0.300. The molecule has 0 aliphatic carbocycles. The summed E-state index contributed by atoms with van der Waals surface area (Å²) in [5.74, 6) is -2.13. The number of rotatable bonds is 3. The van der Waals surface area contributed by atoms with Crippen LogP contribution in [-0.2, 0) is 6.18 Å². The van der Waals surface area contributed by atoms with E-state index in [1.165, 1.54) is 17.0 Å². The summed E-state index contributed by atoms with van der Waals surface area (Å²) in [6.45, 7) is 2.08. The highest BCUT2D eigenvalue weighted by atomic mass is 32.1. The van der Waals surface area contributed by atoms with Crippen molar-refractivity contribution in [2.45, 2.75) is 25.6 Å². The van der Waals surface area contributed by atoms with E-state index in [2.05, 4.69) is 10.3 Å². The Morgan fingerprint density at radius 3 is 2.73 bits per heavy atom. The first-order valence-corrected chi connectivity index (χ1v) is 9.92. The largest absolute Gasteiger partial charge is 0.417 e. The minimum absolute atomic E-state index is 0.177. The zero-order valence-corrected chi connectivity index (χ0v) is 16.5. The molecule has 2 aromatic carbocycles. The van der Waals surface area contributed by atoms with Gasteiger partial charge in [-0.1, -0.05) is 23.0 Å². The average molecular weight is 441 g/mol. The van der Waals surface area contributed by atoms with Gasteiger partial charge in [0, 0.05) is 31.3 Å². The maximum absolute atomic E-state index is 13.9. The van der Waals surface area contributed by atoms with Crippen LogP contribution in [0, 0.1) is 18.6 Å². The number of carbonyl (C=O) groups is 1. The Labute approximate surface area is 172 Å². The number of halogens is 5. The molecule has 2 heterocycles. The lowest BCUT2D eigenvalue weighted by Gasteiger charge is -2.20. The van der Waals surface area contributed by atoms with E-state index >= 15 is 0 Å². The van der Waals surface area contributed by atoms with Gasteiger partial charge in [-0.2, -0.15) is 13.2 Å². The van der Waals surface area contributed by atoms with Crippen molar-refractivity contribution in [2.75, 3.05) is 18.4 Å². The van der Waals surface area contributed by atoms with Crippen molar-refractivity contribution in [3.8, 4) is 0 Å². The molecule has 0 radical (unpaired) electrons. The van der Waals surface area contributed by atoms with Crippen LogP contribution in [0.25, 0.3) is 10.2 Å². The lowest BCUT2D eigenvalue weighted by Crippen LogP contribution is -2.33. The second-order valence-electron chi connectivity index (χ2n) is 7.18. The molecule has 10 heteroatoms. The molecule has 0 bridgehead atoms. The molecule has 1 aliphatic heterocycles. The predicted molar refractivity (Wildman–Crippen MR) is 104 cm³/mol. The van der Waals surface area contributed by atoms with Gasteiger partial charge in [-0.25, -0.2) is 13.8 Å². The highest BCUT2D eigenvalue weighted by Gasteiger charge is 2.37. The predicted octanol–water partition coefficient (Wildman–Crippen LogP) is 5.23. The van der Waals surface area contributed by atoms with E-state index in [4.69, 9.17) is 0 Å². The monoisotopic (exact) mass is 441 g/mol. The molecule has 1 saturated heterocycles. The topological polar surface area (TPSA) is 45.2 Å². The Morgan fingerprint density at radius 1 is 1.23 bits per heavy atom. The van der Waals surface area contributed by atoms with Gasteiger partial charge in [0.25, 0.3) is 5.91 Å².